The molecule has 0 saturated carbocycles. The Morgan fingerprint density at radius 1 is 1.44 bits per heavy atom. The number of rotatable bonds is 7. The summed E-state index contributed by atoms with van der Waals surface area (Å²) in [5.74, 6) is 0.333. The van der Waals surface area contributed by atoms with E-state index in [4.69, 9.17) is 4.74 Å². The lowest BCUT2D eigenvalue weighted by Gasteiger charge is -2.16. The molecular formula is C13H20FNO. The van der Waals surface area contributed by atoms with Crippen LogP contribution in [-0.4, -0.2) is 27.3 Å². The van der Waals surface area contributed by atoms with Crippen molar-refractivity contribution in [3.05, 3.63) is 35.6 Å². The SMILES string of the molecule is CNCC(CCOC)Cc1cccc(F)c1. The lowest BCUT2D eigenvalue weighted by atomic mass is 9.96. The molecule has 0 spiro atoms. The number of halogens is 1. The standard InChI is InChI=1S/C13H20FNO/c1-15-10-12(6-7-16-2)8-11-4-3-5-13(14)9-11/h3-5,9,12,15H,6-8,10H2,1-2H3. The van der Waals surface area contributed by atoms with Gasteiger partial charge in [-0.25, -0.2) is 4.39 Å². The molecule has 0 amide bonds. The average molecular weight is 225 g/mol. The first-order valence-electron chi connectivity index (χ1n) is 5.64. The first-order chi connectivity index (χ1) is 7.76. The maximum absolute atomic E-state index is 13.0. The highest BCUT2D eigenvalue weighted by molar-refractivity contribution is 5.16. The van der Waals surface area contributed by atoms with Crippen LogP contribution < -0.4 is 5.32 Å². The topological polar surface area (TPSA) is 21.3 Å². The van der Waals surface area contributed by atoms with Crippen LogP contribution in [0.5, 0.6) is 0 Å². The molecule has 3 heteroatoms. The fraction of sp³-hybridized carbons (Fsp3) is 0.538. The molecule has 1 atom stereocenters. The van der Waals surface area contributed by atoms with Gasteiger partial charge in [-0.05, 0) is 50.0 Å². The Hall–Kier alpha value is -0.930. The van der Waals surface area contributed by atoms with Crippen LogP contribution in [0.4, 0.5) is 4.39 Å². The largest absolute Gasteiger partial charge is 0.385 e. The predicted octanol–water partition coefficient (Wildman–Crippen LogP) is 2.24. The second kappa shape index (κ2) is 7.36. The number of benzene rings is 1. The molecule has 0 fully saturated rings. The van der Waals surface area contributed by atoms with Crippen LogP contribution in [0.3, 0.4) is 0 Å². The third-order valence-corrected chi connectivity index (χ3v) is 2.64. The van der Waals surface area contributed by atoms with Crippen LogP contribution in [0.25, 0.3) is 0 Å². The van der Waals surface area contributed by atoms with E-state index in [2.05, 4.69) is 5.32 Å². The van der Waals surface area contributed by atoms with Crippen LogP contribution in [0.2, 0.25) is 0 Å². The van der Waals surface area contributed by atoms with Gasteiger partial charge in [0.2, 0.25) is 0 Å². The Bertz CT molecular complexity index is 304. The van der Waals surface area contributed by atoms with Crippen molar-refractivity contribution in [1.82, 2.24) is 5.32 Å². The van der Waals surface area contributed by atoms with Gasteiger partial charge in [-0.15, -0.1) is 0 Å². The van der Waals surface area contributed by atoms with Crippen LogP contribution in [0, 0.1) is 11.7 Å². The molecule has 1 aromatic rings. The Kier molecular flexibility index (Phi) is 6.04. The first kappa shape index (κ1) is 13.1. The van der Waals surface area contributed by atoms with Gasteiger partial charge in [0.15, 0.2) is 0 Å². The number of ether oxygens (including phenoxy) is 1. The van der Waals surface area contributed by atoms with Crippen LogP contribution in [0.1, 0.15) is 12.0 Å². The van der Waals surface area contributed by atoms with Gasteiger partial charge in [-0.1, -0.05) is 12.1 Å². The van der Waals surface area contributed by atoms with Crippen molar-refractivity contribution < 1.29 is 9.13 Å². The lowest BCUT2D eigenvalue weighted by molar-refractivity contribution is 0.176. The van der Waals surface area contributed by atoms with Gasteiger partial charge in [0, 0.05) is 13.7 Å². The summed E-state index contributed by atoms with van der Waals surface area (Å²) in [5, 5.41) is 3.16. The molecule has 1 rings (SSSR count). The summed E-state index contributed by atoms with van der Waals surface area (Å²) < 4.78 is 18.1. The summed E-state index contributed by atoms with van der Waals surface area (Å²) >= 11 is 0. The van der Waals surface area contributed by atoms with Crippen molar-refractivity contribution in [2.75, 3.05) is 27.3 Å². The highest BCUT2D eigenvalue weighted by Gasteiger charge is 2.09. The maximum atomic E-state index is 13.0. The van der Waals surface area contributed by atoms with Crippen LogP contribution >= 0.6 is 0 Å². The molecule has 0 aromatic heterocycles. The molecule has 16 heavy (non-hydrogen) atoms. The number of hydrogen-bond acceptors (Lipinski definition) is 2. The second-order valence-corrected chi connectivity index (χ2v) is 4.04. The first-order valence-corrected chi connectivity index (χ1v) is 5.64. The molecule has 1 N–H and O–H groups in total. The average Bonchev–Trinajstić information content (AvgIpc) is 2.26. The Labute approximate surface area is 96.8 Å². The van der Waals surface area contributed by atoms with Crippen molar-refractivity contribution >= 4 is 0 Å². The summed E-state index contributed by atoms with van der Waals surface area (Å²) in [6.45, 7) is 1.68. The van der Waals surface area contributed by atoms with Crippen molar-refractivity contribution in [2.45, 2.75) is 12.8 Å². The van der Waals surface area contributed by atoms with E-state index in [1.807, 2.05) is 13.1 Å². The van der Waals surface area contributed by atoms with Gasteiger partial charge in [0.05, 0.1) is 0 Å². The molecule has 0 aliphatic rings. The van der Waals surface area contributed by atoms with Crippen molar-refractivity contribution in [3.8, 4) is 0 Å². The van der Waals surface area contributed by atoms with E-state index in [0.29, 0.717) is 5.92 Å². The van der Waals surface area contributed by atoms with E-state index in [-0.39, 0.29) is 5.82 Å². The molecular weight excluding hydrogens is 205 g/mol. The normalized spacial score (nSPS) is 12.7. The smallest absolute Gasteiger partial charge is 0.123 e. The highest BCUT2D eigenvalue weighted by atomic mass is 19.1. The minimum absolute atomic E-state index is 0.160. The van der Waals surface area contributed by atoms with Crippen molar-refractivity contribution in [2.24, 2.45) is 5.92 Å². The van der Waals surface area contributed by atoms with Gasteiger partial charge in [0.25, 0.3) is 0 Å². The molecule has 0 saturated heterocycles. The van der Waals surface area contributed by atoms with E-state index < -0.39 is 0 Å². The van der Waals surface area contributed by atoms with E-state index >= 15 is 0 Å². The van der Waals surface area contributed by atoms with Gasteiger partial charge in [0.1, 0.15) is 5.82 Å². The van der Waals surface area contributed by atoms with E-state index in [9.17, 15) is 4.39 Å². The summed E-state index contributed by atoms with van der Waals surface area (Å²) in [5.41, 5.74) is 1.05. The molecule has 0 heterocycles. The summed E-state index contributed by atoms with van der Waals surface area (Å²) in [4.78, 5) is 0. The number of nitrogens with one attached hydrogen (secondary N) is 1. The minimum atomic E-state index is -0.160. The lowest BCUT2D eigenvalue weighted by Crippen LogP contribution is -2.22. The third kappa shape index (κ3) is 4.73. The van der Waals surface area contributed by atoms with Gasteiger partial charge in [-0.2, -0.15) is 0 Å². The predicted molar refractivity (Wildman–Crippen MR) is 64.0 cm³/mol. The fourth-order valence-electron chi connectivity index (χ4n) is 1.85. The number of methoxy groups -OCH3 is 1. The van der Waals surface area contributed by atoms with Crippen LogP contribution in [-0.2, 0) is 11.2 Å². The second-order valence-electron chi connectivity index (χ2n) is 4.04. The van der Waals surface area contributed by atoms with E-state index in [1.54, 1.807) is 19.2 Å². The van der Waals surface area contributed by atoms with E-state index in [0.717, 1.165) is 31.6 Å². The van der Waals surface area contributed by atoms with E-state index in [1.165, 1.54) is 6.07 Å². The zero-order chi connectivity index (χ0) is 11.8. The molecule has 1 aromatic carbocycles. The zero-order valence-electron chi connectivity index (χ0n) is 10.0. The molecule has 2 nitrogen and oxygen atoms in total. The number of hydrogen-bond donors (Lipinski definition) is 1. The molecule has 0 aliphatic heterocycles. The Morgan fingerprint density at radius 2 is 2.25 bits per heavy atom. The Balaban J connectivity index is 2.52. The summed E-state index contributed by atoms with van der Waals surface area (Å²) in [6, 6.07) is 6.82. The molecule has 0 radical (unpaired) electrons. The molecule has 90 valence electrons. The molecule has 1 unspecified atom stereocenters. The summed E-state index contributed by atoms with van der Waals surface area (Å²) in [7, 11) is 3.64. The van der Waals surface area contributed by atoms with Gasteiger partial charge >= 0.3 is 0 Å². The summed E-state index contributed by atoms with van der Waals surface area (Å²) in [6.07, 6.45) is 1.88. The molecule has 0 bridgehead atoms. The zero-order valence-corrected chi connectivity index (χ0v) is 10.0. The van der Waals surface area contributed by atoms with Crippen molar-refractivity contribution in [3.63, 3.8) is 0 Å². The minimum Gasteiger partial charge on any atom is -0.385 e. The molecule has 0 aliphatic carbocycles. The van der Waals surface area contributed by atoms with Crippen molar-refractivity contribution in [1.29, 1.82) is 0 Å². The van der Waals surface area contributed by atoms with Crippen LogP contribution in [0.15, 0.2) is 24.3 Å². The quantitative estimate of drug-likeness (QED) is 0.768. The fourth-order valence-corrected chi connectivity index (χ4v) is 1.85. The maximum Gasteiger partial charge on any atom is 0.123 e. The monoisotopic (exact) mass is 225 g/mol. The van der Waals surface area contributed by atoms with Gasteiger partial charge in [-0.3, -0.25) is 0 Å². The Morgan fingerprint density at radius 3 is 2.88 bits per heavy atom. The highest BCUT2D eigenvalue weighted by Crippen LogP contribution is 2.13. The third-order valence-electron chi connectivity index (χ3n) is 2.64. The van der Waals surface area contributed by atoms with Gasteiger partial charge < -0.3 is 10.1 Å².